The zero-order chi connectivity index (χ0) is 13.0. The van der Waals surface area contributed by atoms with Gasteiger partial charge in [0.05, 0.1) is 10.7 Å². The zero-order valence-corrected chi connectivity index (χ0v) is 11.7. The highest BCUT2D eigenvalue weighted by atomic mass is 32.1. The number of carbonyl (C=O) groups is 1. The molecular formula is C14H19N3OS. The van der Waals surface area contributed by atoms with Crippen LogP contribution in [-0.4, -0.2) is 18.0 Å². The smallest absolute Gasteiger partial charge is 0.263 e. The van der Waals surface area contributed by atoms with Crippen molar-refractivity contribution in [2.24, 2.45) is 0 Å². The van der Waals surface area contributed by atoms with Crippen molar-refractivity contribution in [3.8, 4) is 0 Å². The van der Waals surface area contributed by atoms with Crippen LogP contribution in [0.25, 0.3) is 0 Å². The lowest BCUT2D eigenvalue weighted by Crippen LogP contribution is -2.25. The van der Waals surface area contributed by atoms with Crippen molar-refractivity contribution in [1.29, 1.82) is 0 Å². The molecule has 0 atom stereocenters. The maximum absolute atomic E-state index is 12.2. The fraction of sp³-hybridized carbons (Fsp3) is 0.643. The Kier molecular flexibility index (Phi) is 2.52. The van der Waals surface area contributed by atoms with E-state index >= 15 is 0 Å². The number of nitrogens with two attached hydrogens (primary N) is 1. The molecule has 0 unspecified atom stereocenters. The van der Waals surface area contributed by atoms with E-state index in [0.717, 1.165) is 28.4 Å². The molecule has 3 fully saturated rings. The molecule has 0 bridgehead atoms. The Morgan fingerprint density at radius 2 is 1.79 bits per heavy atom. The fourth-order valence-electron chi connectivity index (χ4n) is 2.40. The van der Waals surface area contributed by atoms with Gasteiger partial charge in [-0.25, -0.2) is 0 Å². The van der Waals surface area contributed by atoms with Gasteiger partial charge in [0, 0.05) is 17.6 Å². The average Bonchev–Trinajstić information content (AvgIpc) is 3.20. The van der Waals surface area contributed by atoms with Gasteiger partial charge in [-0.05, 0) is 44.4 Å². The number of hydrogen-bond acceptors (Lipinski definition) is 4. The first-order valence-electron chi connectivity index (χ1n) is 7.22. The van der Waals surface area contributed by atoms with E-state index in [-0.39, 0.29) is 5.91 Å². The van der Waals surface area contributed by atoms with E-state index in [2.05, 4.69) is 10.6 Å². The van der Waals surface area contributed by atoms with E-state index in [1.165, 1.54) is 31.2 Å². The molecule has 19 heavy (non-hydrogen) atoms. The standard InChI is InChI=1S/C14H19N3OS/c15-11-10(7-1-2-7)14(17-9-5-6-9)19-12(11)13(18)16-8-3-4-8/h7-9,17H,1-6,15H2,(H,16,18). The van der Waals surface area contributed by atoms with Crippen LogP contribution in [0.1, 0.15) is 59.7 Å². The summed E-state index contributed by atoms with van der Waals surface area (Å²) in [5.41, 5.74) is 8.20. The van der Waals surface area contributed by atoms with E-state index in [1.54, 1.807) is 11.3 Å². The summed E-state index contributed by atoms with van der Waals surface area (Å²) in [6.07, 6.45) is 7.13. The minimum Gasteiger partial charge on any atom is -0.397 e. The van der Waals surface area contributed by atoms with Gasteiger partial charge in [0.15, 0.2) is 0 Å². The second kappa shape index (κ2) is 4.13. The van der Waals surface area contributed by atoms with Gasteiger partial charge >= 0.3 is 0 Å². The molecule has 0 saturated heterocycles. The molecule has 0 spiro atoms. The first kappa shape index (κ1) is 11.6. The molecule has 102 valence electrons. The van der Waals surface area contributed by atoms with Gasteiger partial charge in [-0.15, -0.1) is 11.3 Å². The van der Waals surface area contributed by atoms with Crippen LogP contribution in [0.2, 0.25) is 0 Å². The van der Waals surface area contributed by atoms with E-state index in [4.69, 9.17) is 5.73 Å². The summed E-state index contributed by atoms with van der Waals surface area (Å²) in [4.78, 5) is 12.9. The Balaban J connectivity index is 1.63. The average molecular weight is 277 g/mol. The highest BCUT2D eigenvalue weighted by Gasteiger charge is 2.35. The van der Waals surface area contributed by atoms with Crippen molar-refractivity contribution in [2.45, 2.75) is 56.5 Å². The number of nitrogen functional groups attached to an aromatic ring is 1. The van der Waals surface area contributed by atoms with Crippen LogP contribution >= 0.6 is 11.3 Å². The largest absolute Gasteiger partial charge is 0.397 e. The quantitative estimate of drug-likeness (QED) is 0.775. The van der Waals surface area contributed by atoms with E-state index in [1.807, 2.05) is 0 Å². The highest BCUT2D eigenvalue weighted by molar-refractivity contribution is 7.18. The van der Waals surface area contributed by atoms with Gasteiger partial charge < -0.3 is 16.4 Å². The summed E-state index contributed by atoms with van der Waals surface area (Å²) in [5.74, 6) is 0.607. The van der Waals surface area contributed by atoms with Crippen molar-refractivity contribution in [3.05, 3.63) is 10.4 Å². The van der Waals surface area contributed by atoms with Gasteiger partial charge in [-0.3, -0.25) is 4.79 Å². The topological polar surface area (TPSA) is 67.2 Å². The molecule has 5 heteroatoms. The SMILES string of the molecule is Nc1c(C(=O)NC2CC2)sc(NC2CC2)c1C1CC1. The number of hydrogen-bond donors (Lipinski definition) is 3. The molecule has 1 aromatic heterocycles. The molecule has 1 heterocycles. The number of nitrogens with one attached hydrogen (secondary N) is 2. The molecule has 3 aliphatic carbocycles. The van der Waals surface area contributed by atoms with Crippen LogP contribution in [0, 0.1) is 0 Å². The molecular weight excluding hydrogens is 258 g/mol. The van der Waals surface area contributed by atoms with Crippen molar-refractivity contribution in [2.75, 3.05) is 11.1 Å². The van der Waals surface area contributed by atoms with E-state index < -0.39 is 0 Å². The summed E-state index contributed by atoms with van der Waals surface area (Å²) in [7, 11) is 0. The Morgan fingerprint density at radius 3 is 2.37 bits per heavy atom. The van der Waals surface area contributed by atoms with Crippen LogP contribution in [0.4, 0.5) is 10.7 Å². The van der Waals surface area contributed by atoms with Crippen LogP contribution in [0.3, 0.4) is 0 Å². The van der Waals surface area contributed by atoms with Crippen molar-refractivity contribution in [3.63, 3.8) is 0 Å². The van der Waals surface area contributed by atoms with E-state index in [0.29, 0.717) is 18.0 Å². The molecule has 3 saturated carbocycles. The van der Waals surface area contributed by atoms with Crippen LogP contribution in [0.15, 0.2) is 0 Å². The Bertz CT molecular complexity index is 527. The maximum Gasteiger partial charge on any atom is 0.263 e. The van der Waals surface area contributed by atoms with Crippen LogP contribution < -0.4 is 16.4 Å². The molecule has 4 rings (SSSR count). The first-order valence-corrected chi connectivity index (χ1v) is 8.03. The maximum atomic E-state index is 12.2. The summed E-state index contributed by atoms with van der Waals surface area (Å²) < 4.78 is 0. The van der Waals surface area contributed by atoms with Crippen molar-refractivity contribution >= 4 is 27.9 Å². The summed E-state index contributed by atoms with van der Waals surface area (Å²) in [6.45, 7) is 0. The highest BCUT2D eigenvalue weighted by Crippen LogP contribution is 2.51. The summed E-state index contributed by atoms with van der Waals surface area (Å²) in [5, 5.41) is 7.75. The minimum atomic E-state index is 0.0238. The lowest BCUT2D eigenvalue weighted by Gasteiger charge is -2.05. The van der Waals surface area contributed by atoms with Gasteiger partial charge in [-0.1, -0.05) is 0 Å². The molecule has 1 amide bonds. The number of rotatable bonds is 5. The Labute approximate surface area is 116 Å². The number of anilines is 2. The molecule has 1 aromatic rings. The third-order valence-electron chi connectivity index (χ3n) is 4.00. The Morgan fingerprint density at radius 1 is 1.11 bits per heavy atom. The minimum absolute atomic E-state index is 0.0238. The third-order valence-corrected chi connectivity index (χ3v) is 5.15. The molecule has 0 aromatic carbocycles. The summed E-state index contributed by atoms with van der Waals surface area (Å²) in [6, 6.07) is 0.994. The lowest BCUT2D eigenvalue weighted by atomic mass is 10.1. The molecule has 0 aliphatic heterocycles. The molecule has 0 radical (unpaired) electrons. The normalized spacial score (nSPS) is 22.3. The van der Waals surface area contributed by atoms with Crippen LogP contribution in [0.5, 0.6) is 0 Å². The fourth-order valence-corrected chi connectivity index (χ4v) is 3.59. The van der Waals surface area contributed by atoms with Crippen molar-refractivity contribution in [1.82, 2.24) is 5.32 Å². The second-order valence-electron chi connectivity index (χ2n) is 6.03. The molecule has 3 aliphatic rings. The number of carbonyl (C=O) groups excluding carboxylic acids is 1. The van der Waals surface area contributed by atoms with Crippen LogP contribution in [-0.2, 0) is 0 Å². The van der Waals surface area contributed by atoms with Gasteiger partial charge in [0.2, 0.25) is 0 Å². The zero-order valence-electron chi connectivity index (χ0n) is 10.9. The number of amides is 1. The van der Waals surface area contributed by atoms with Gasteiger partial charge in [0.1, 0.15) is 4.88 Å². The number of thiophene rings is 1. The van der Waals surface area contributed by atoms with Crippen molar-refractivity contribution < 1.29 is 4.79 Å². The third kappa shape index (κ3) is 2.31. The Hall–Kier alpha value is -1.23. The molecule has 4 N–H and O–H groups in total. The monoisotopic (exact) mass is 277 g/mol. The summed E-state index contributed by atoms with van der Waals surface area (Å²) >= 11 is 1.55. The molecule has 4 nitrogen and oxygen atoms in total. The van der Waals surface area contributed by atoms with E-state index in [9.17, 15) is 4.79 Å². The lowest BCUT2D eigenvalue weighted by molar-refractivity contribution is 0.0956. The predicted octanol–water partition coefficient (Wildman–Crippen LogP) is 2.67. The second-order valence-corrected chi connectivity index (χ2v) is 7.05. The first-order chi connectivity index (χ1) is 9.22. The predicted molar refractivity (Wildman–Crippen MR) is 77.8 cm³/mol. The van der Waals surface area contributed by atoms with Gasteiger partial charge in [0.25, 0.3) is 5.91 Å². The van der Waals surface area contributed by atoms with Gasteiger partial charge in [-0.2, -0.15) is 0 Å².